The number of amides is 3. The number of H-pyrrole nitrogens is 2. The number of benzene rings is 2. The van der Waals surface area contributed by atoms with Crippen LogP contribution in [0.4, 0.5) is 9.59 Å². The number of ether oxygens (including phenoxy) is 3. The summed E-state index contributed by atoms with van der Waals surface area (Å²) in [4.78, 5) is 57.7. The summed E-state index contributed by atoms with van der Waals surface area (Å²) in [5.41, 5.74) is 9.85. The molecule has 4 atom stereocenters. The minimum absolute atomic E-state index is 0.120. The smallest absolute Gasteiger partial charge is 0.407 e. The van der Waals surface area contributed by atoms with Crippen molar-refractivity contribution < 1.29 is 33.7 Å². The molecule has 2 aromatic carbocycles. The van der Waals surface area contributed by atoms with Crippen molar-refractivity contribution in [3.63, 3.8) is 0 Å². The zero-order valence-electron chi connectivity index (χ0n) is 31.5. The number of methoxy groups -OCH3 is 2. The second kappa shape index (κ2) is 14.4. The molecule has 1 fully saturated rings. The van der Waals surface area contributed by atoms with Gasteiger partial charge in [-0.15, -0.1) is 0 Å². The summed E-state index contributed by atoms with van der Waals surface area (Å²) in [6.07, 6.45) is 8.07. The van der Waals surface area contributed by atoms with E-state index in [9.17, 15) is 19.5 Å². The van der Waals surface area contributed by atoms with Crippen LogP contribution in [0.3, 0.4) is 0 Å². The van der Waals surface area contributed by atoms with Crippen LogP contribution in [0.2, 0.25) is 0 Å². The first kappa shape index (κ1) is 36.1. The average Bonchev–Trinajstić information content (AvgIpc) is 3.95. The Morgan fingerprint density at radius 1 is 1.05 bits per heavy atom. The number of allylic oxidation sites excluding steroid dienone is 2. The number of aryl methyl sites for hydroxylation is 2. The quantitative estimate of drug-likeness (QED) is 0.156. The van der Waals surface area contributed by atoms with Gasteiger partial charge in [-0.05, 0) is 78.1 Å². The highest BCUT2D eigenvalue weighted by molar-refractivity contribution is 5.88. The zero-order chi connectivity index (χ0) is 38.5. The van der Waals surface area contributed by atoms with Gasteiger partial charge in [0.05, 0.1) is 37.3 Å². The van der Waals surface area contributed by atoms with E-state index < -0.39 is 24.3 Å². The number of aromatic nitrogens is 4. The molecule has 0 saturated carbocycles. The van der Waals surface area contributed by atoms with E-state index in [4.69, 9.17) is 24.2 Å². The van der Waals surface area contributed by atoms with E-state index in [0.717, 1.165) is 69.1 Å². The number of carbonyl (C=O) groups is 3. The minimum Gasteiger partial charge on any atom is -0.488 e. The third-order valence-corrected chi connectivity index (χ3v) is 11.0. The van der Waals surface area contributed by atoms with Gasteiger partial charge in [0.1, 0.15) is 36.1 Å². The highest BCUT2D eigenvalue weighted by Crippen LogP contribution is 2.46. The van der Waals surface area contributed by atoms with Gasteiger partial charge in [0.2, 0.25) is 5.91 Å². The molecular weight excluding hydrogens is 702 g/mol. The van der Waals surface area contributed by atoms with E-state index in [2.05, 4.69) is 45.6 Å². The number of nitrogens with zero attached hydrogens (tertiary/aromatic N) is 4. The van der Waals surface area contributed by atoms with Crippen molar-refractivity contribution in [1.29, 1.82) is 0 Å². The van der Waals surface area contributed by atoms with Crippen molar-refractivity contribution in [3.8, 4) is 39.4 Å². The fourth-order valence-electron chi connectivity index (χ4n) is 8.28. The molecule has 14 nitrogen and oxygen atoms in total. The third-order valence-electron chi connectivity index (χ3n) is 11.0. The molecule has 3 amide bonds. The van der Waals surface area contributed by atoms with Gasteiger partial charge >= 0.3 is 12.2 Å². The van der Waals surface area contributed by atoms with E-state index in [1.165, 1.54) is 17.6 Å². The third kappa shape index (κ3) is 6.64. The first-order valence-corrected chi connectivity index (χ1v) is 18.6. The standard InChI is InChI=1S/C41H45N7O7/c1-21(2)35(46-40(50)54-5)39(49)47-17-22(3)6-11-32(47)37-42-16-31(44-37)25-7-9-27-26(13-25)20-55-34-15-28-24(14-29(27)34)8-10-30-36(28)45-38(43-30)33-12-23(19-53-4)18-48(33)41(51)52/h6-7,9,11,13-17,21,23,32-33,35H,8,10,12,18-20H2,1-5H3,(H,42,44)(H,43,45)(H,46,50)(H,51,52)/t23-,32-,33-,35-/m0/s1. The van der Waals surface area contributed by atoms with E-state index in [1.54, 1.807) is 24.4 Å². The first-order valence-electron chi connectivity index (χ1n) is 18.6. The van der Waals surface area contributed by atoms with Gasteiger partial charge in [0.25, 0.3) is 0 Å². The second-order valence-corrected chi connectivity index (χ2v) is 15.1. The number of alkyl carbamates (subject to hydrolysis) is 1. The number of carbonyl (C=O) groups excluding carboxylic acids is 2. The van der Waals surface area contributed by atoms with Crippen LogP contribution < -0.4 is 10.1 Å². The summed E-state index contributed by atoms with van der Waals surface area (Å²) in [5, 5.41) is 12.6. The van der Waals surface area contributed by atoms with E-state index in [1.807, 2.05) is 32.9 Å². The van der Waals surface area contributed by atoms with Crippen LogP contribution in [0.15, 0.2) is 60.5 Å². The summed E-state index contributed by atoms with van der Waals surface area (Å²) >= 11 is 0. The molecule has 5 heterocycles. The van der Waals surface area contributed by atoms with Crippen LogP contribution in [0, 0.1) is 11.8 Å². The van der Waals surface area contributed by atoms with Gasteiger partial charge in [0.15, 0.2) is 0 Å². The molecule has 0 radical (unpaired) electrons. The SMILES string of the molecule is COC[C@H]1C[C@@H](c2nc3c([nH]2)CCc2cc4c(cc2-3)OCc2cc(-c3cnc([C@@H]5C=CC(C)=CN5C(=O)[C@@H](NC(=O)OC)C(C)C)[nH]3)ccc2-4)N(C(=O)O)C1. The Morgan fingerprint density at radius 3 is 2.65 bits per heavy atom. The van der Waals surface area contributed by atoms with Crippen molar-refractivity contribution in [2.24, 2.45) is 11.8 Å². The summed E-state index contributed by atoms with van der Waals surface area (Å²) in [6.45, 7) is 6.97. The molecule has 286 valence electrons. The van der Waals surface area contributed by atoms with Gasteiger partial charge in [-0.3, -0.25) is 9.69 Å². The van der Waals surface area contributed by atoms with Crippen LogP contribution in [0.5, 0.6) is 5.75 Å². The molecule has 4 aliphatic rings. The fraction of sp³-hybridized carbons (Fsp3) is 0.390. The highest BCUT2D eigenvalue weighted by Gasteiger charge is 2.39. The lowest BCUT2D eigenvalue weighted by Crippen LogP contribution is -2.50. The molecule has 1 saturated heterocycles. The van der Waals surface area contributed by atoms with E-state index >= 15 is 0 Å². The molecule has 0 spiro atoms. The predicted molar refractivity (Wildman–Crippen MR) is 203 cm³/mol. The Hall–Kier alpha value is -5.89. The molecule has 14 heteroatoms. The monoisotopic (exact) mass is 747 g/mol. The maximum Gasteiger partial charge on any atom is 0.407 e. The largest absolute Gasteiger partial charge is 0.488 e. The summed E-state index contributed by atoms with van der Waals surface area (Å²) in [7, 11) is 2.92. The van der Waals surface area contributed by atoms with Gasteiger partial charge < -0.3 is 39.5 Å². The highest BCUT2D eigenvalue weighted by atomic mass is 16.5. The van der Waals surface area contributed by atoms with Crippen LogP contribution in [0.25, 0.3) is 33.6 Å². The van der Waals surface area contributed by atoms with Gasteiger partial charge in [-0.2, -0.15) is 0 Å². The number of carboxylic acid groups (broad SMARTS) is 1. The number of imidazole rings is 2. The average molecular weight is 748 g/mol. The Labute approximate surface area is 318 Å². The summed E-state index contributed by atoms with van der Waals surface area (Å²) in [6, 6.07) is 8.94. The van der Waals surface area contributed by atoms with Crippen molar-refractivity contribution in [2.45, 2.75) is 64.8 Å². The van der Waals surface area contributed by atoms with Crippen LogP contribution in [0.1, 0.15) is 67.7 Å². The lowest BCUT2D eigenvalue weighted by molar-refractivity contribution is -0.133. The Balaban J connectivity index is 1.04. The fourth-order valence-corrected chi connectivity index (χ4v) is 8.28. The number of aromatic amines is 2. The van der Waals surface area contributed by atoms with Crippen LogP contribution >= 0.6 is 0 Å². The molecule has 8 rings (SSSR count). The molecule has 1 aliphatic carbocycles. The Bertz CT molecular complexity index is 2240. The van der Waals surface area contributed by atoms with Crippen molar-refractivity contribution in [3.05, 3.63) is 88.9 Å². The number of nitrogens with one attached hydrogen (secondary N) is 3. The molecule has 4 N–H and O–H groups in total. The molecule has 0 bridgehead atoms. The maximum atomic E-state index is 13.8. The zero-order valence-corrected chi connectivity index (χ0v) is 31.5. The van der Waals surface area contributed by atoms with Crippen LogP contribution in [-0.2, 0) is 33.7 Å². The lowest BCUT2D eigenvalue weighted by atomic mass is 9.86. The lowest BCUT2D eigenvalue weighted by Gasteiger charge is -2.33. The number of hydrogen-bond donors (Lipinski definition) is 4. The number of rotatable bonds is 8. The van der Waals surface area contributed by atoms with Crippen LogP contribution in [-0.4, -0.2) is 86.3 Å². The topological polar surface area (TPSA) is 175 Å². The normalized spacial score (nSPS) is 20.2. The maximum absolute atomic E-state index is 13.8. The van der Waals surface area contributed by atoms with Gasteiger partial charge in [-0.25, -0.2) is 19.6 Å². The minimum atomic E-state index is -0.950. The molecule has 4 aromatic rings. The predicted octanol–water partition coefficient (Wildman–Crippen LogP) is 6.54. The van der Waals surface area contributed by atoms with Gasteiger partial charge in [0, 0.05) is 42.6 Å². The van der Waals surface area contributed by atoms with E-state index in [-0.39, 0.29) is 23.8 Å². The molecule has 0 unspecified atom stereocenters. The van der Waals surface area contributed by atoms with Crippen molar-refractivity contribution in [2.75, 3.05) is 27.4 Å². The Morgan fingerprint density at radius 2 is 1.89 bits per heavy atom. The number of fused-ring (bicyclic) bond motifs is 6. The second-order valence-electron chi connectivity index (χ2n) is 15.1. The van der Waals surface area contributed by atoms with Crippen molar-refractivity contribution >= 4 is 18.1 Å². The molecule has 55 heavy (non-hydrogen) atoms. The van der Waals surface area contributed by atoms with Gasteiger partial charge in [-0.1, -0.05) is 38.1 Å². The number of likely N-dealkylation sites (tertiary alicyclic amines) is 1. The molecule has 3 aliphatic heterocycles. The van der Waals surface area contributed by atoms with E-state index in [0.29, 0.717) is 37.8 Å². The summed E-state index contributed by atoms with van der Waals surface area (Å²) < 4.78 is 16.5. The summed E-state index contributed by atoms with van der Waals surface area (Å²) in [5.74, 6) is 1.73. The number of hydrogen-bond acceptors (Lipinski definition) is 8. The molecular formula is C41H45N7O7. The van der Waals surface area contributed by atoms with Crippen molar-refractivity contribution in [1.82, 2.24) is 35.1 Å². The Kier molecular flexibility index (Phi) is 9.45. The first-order chi connectivity index (χ1) is 26.5. The molecule has 2 aromatic heterocycles.